The molecule has 1 N–H and O–H groups in total. The van der Waals surface area contributed by atoms with Gasteiger partial charge in [-0.1, -0.05) is 18.2 Å². The molecule has 4 rings (SSSR count). The highest BCUT2D eigenvalue weighted by Crippen LogP contribution is 2.34. The molecule has 3 saturated heterocycles. The van der Waals surface area contributed by atoms with Crippen molar-refractivity contribution in [3.05, 3.63) is 29.8 Å². The van der Waals surface area contributed by atoms with Crippen LogP contribution in [0.1, 0.15) is 31.7 Å². The third kappa shape index (κ3) is 3.95. The van der Waals surface area contributed by atoms with Crippen molar-refractivity contribution in [3.8, 4) is 5.75 Å². The highest BCUT2D eigenvalue weighted by atomic mass is 32.2. The van der Waals surface area contributed by atoms with Crippen LogP contribution >= 0.6 is 11.8 Å². The summed E-state index contributed by atoms with van der Waals surface area (Å²) in [4.78, 5) is 41.2. The Morgan fingerprint density at radius 2 is 1.97 bits per heavy atom. The van der Waals surface area contributed by atoms with Crippen molar-refractivity contribution in [2.45, 2.75) is 38.3 Å². The number of rotatable bonds is 6. The van der Waals surface area contributed by atoms with Crippen molar-refractivity contribution in [2.75, 3.05) is 31.2 Å². The van der Waals surface area contributed by atoms with Gasteiger partial charge in [0.15, 0.2) is 0 Å². The summed E-state index contributed by atoms with van der Waals surface area (Å²) >= 11 is 1.82. The zero-order valence-electron chi connectivity index (χ0n) is 16.7. The summed E-state index contributed by atoms with van der Waals surface area (Å²) in [6, 6.07) is 7.42. The standard InChI is InChI=1S/C21H27N3O4S/c1-2-28-17-6-4-3-5-16(17)14-23-12-15(11-18(23)25)13-24-19(26)21(22-20(24)27)7-9-29-10-8-21/h3-6,15H,2,7-14H2,1H3,(H,22,27). The predicted octanol–water partition coefficient (Wildman–Crippen LogP) is 2.25. The lowest BCUT2D eigenvalue weighted by Gasteiger charge is -2.30. The molecule has 1 spiro atoms. The smallest absolute Gasteiger partial charge is 0.325 e. The Labute approximate surface area is 175 Å². The van der Waals surface area contributed by atoms with Gasteiger partial charge in [-0.15, -0.1) is 0 Å². The summed E-state index contributed by atoms with van der Waals surface area (Å²) in [6.07, 6.45) is 1.72. The number of likely N-dealkylation sites (tertiary alicyclic amines) is 1. The SMILES string of the molecule is CCOc1ccccc1CN1CC(CN2C(=O)NC3(CCSCC3)C2=O)CC1=O. The van der Waals surface area contributed by atoms with Crippen LogP contribution in [0.3, 0.4) is 0 Å². The van der Waals surface area contributed by atoms with E-state index in [1.807, 2.05) is 43.0 Å². The van der Waals surface area contributed by atoms with Gasteiger partial charge in [0.1, 0.15) is 11.3 Å². The summed E-state index contributed by atoms with van der Waals surface area (Å²) in [6.45, 7) is 3.82. The predicted molar refractivity (Wildman–Crippen MR) is 111 cm³/mol. The fourth-order valence-corrected chi connectivity index (χ4v) is 5.61. The molecule has 0 aromatic heterocycles. The van der Waals surface area contributed by atoms with Gasteiger partial charge in [-0.05, 0) is 37.3 Å². The number of ether oxygens (including phenoxy) is 1. The van der Waals surface area contributed by atoms with Gasteiger partial charge in [-0.2, -0.15) is 11.8 Å². The van der Waals surface area contributed by atoms with Gasteiger partial charge in [0.05, 0.1) is 6.61 Å². The lowest BCUT2D eigenvalue weighted by atomic mass is 9.92. The number of thioether (sulfide) groups is 1. The van der Waals surface area contributed by atoms with Crippen LogP contribution in [0.15, 0.2) is 24.3 Å². The topological polar surface area (TPSA) is 79.0 Å². The summed E-state index contributed by atoms with van der Waals surface area (Å²) in [7, 11) is 0. The maximum Gasteiger partial charge on any atom is 0.325 e. The van der Waals surface area contributed by atoms with Crippen molar-refractivity contribution in [3.63, 3.8) is 0 Å². The van der Waals surface area contributed by atoms with E-state index in [1.165, 1.54) is 4.90 Å². The van der Waals surface area contributed by atoms with Crippen molar-refractivity contribution in [1.29, 1.82) is 0 Å². The summed E-state index contributed by atoms with van der Waals surface area (Å²) in [5.41, 5.74) is 0.248. The minimum atomic E-state index is -0.721. The normalized spacial score (nSPS) is 23.8. The lowest BCUT2D eigenvalue weighted by Crippen LogP contribution is -2.49. The molecule has 3 fully saturated rings. The van der Waals surface area contributed by atoms with E-state index in [4.69, 9.17) is 4.74 Å². The molecule has 156 valence electrons. The minimum absolute atomic E-state index is 0.0374. The van der Waals surface area contributed by atoms with Crippen molar-refractivity contribution in [1.82, 2.24) is 15.1 Å². The van der Waals surface area contributed by atoms with E-state index in [9.17, 15) is 14.4 Å². The van der Waals surface area contributed by atoms with Crippen molar-refractivity contribution >= 4 is 29.6 Å². The highest BCUT2D eigenvalue weighted by molar-refractivity contribution is 7.99. The molecular weight excluding hydrogens is 390 g/mol. The quantitative estimate of drug-likeness (QED) is 0.719. The zero-order chi connectivity index (χ0) is 20.4. The molecule has 8 heteroatoms. The number of carbonyl (C=O) groups is 3. The molecule has 0 bridgehead atoms. The second kappa shape index (κ2) is 8.26. The van der Waals surface area contributed by atoms with Crippen LogP contribution in [0, 0.1) is 5.92 Å². The van der Waals surface area contributed by atoms with Crippen LogP contribution < -0.4 is 10.1 Å². The minimum Gasteiger partial charge on any atom is -0.494 e. The number of urea groups is 1. The van der Waals surface area contributed by atoms with Crippen LogP contribution in [0.25, 0.3) is 0 Å². The van der Waals surface area contributed by atoms with Gasteiger partial charge in [0.25, 0.3) is 5.91 Å². The van der Waals surface area contributed by atoms with E-state index in [2.05, 4.69) is 5.32 Å². The number of hydrogen-bond acceptors (Lipinski definition) is 5. The second-order valence-corrected chi connectivity index (χ2v) is 9.15. The largest absolute Gasteiger partial charge is 0.494 e. The molecule has 29 heavy (non-hydrogen) atoms. The Morgan fingerprint density at radius 1 is 1.21 bits per heavy atom. The van der Waals surface area contributed by atoms with E-state index in [0.717, 1.165) is 22.8 Å². The second-order valence-electron chi connectivity index (χ2n) is 7.93. The maximum atomic E-state index is 13.0. The molecule has 0 saturated carbocycles. The Balaban J connectivity index is 1.40. The molecule has 3 aliphatic rings. The first-order chi connectivity index (χ1) is 14.0. The van der Waals surface area contributed by atoms with Crippen LogP contribution in [0.4, 0.5) is 4.79 Å². The van der Waals surface area contributed by atoms with Gasteiger partial charge < -0.3 is 15.0 Å². The molecular formula is C21H27N3O4S. The van der Waals surface area contributed by atoms with Crippen LogP contribution in [-0.2, 0) is 16.1 Å². The molecule has 7 nitrogen and oxygen atoms in total. The third-order valence-electron chi connectivity index (χ3n) is 5.96. The summed E-state index contributed by atoms with van der Waals surface area (Å²) in [5, 5.41) is 2.94. The Morgan fingerprint density at radius 3 is 2.72 bits per heavy atom. The molecule has 3 aliphatic heterocycles. The molecule has 4 amide bonds. The molecule has 1 atom stereocenters. The number of hydrogen-bond donors (Lipinski definition) is 1. The molecule has 0 aliphatic carbocycles. The van der Waals surface area contributed by atoms with E-state index in [0.29, 0.717) is 45.5 Å². The van der Waals surface area contributed by atoms with Crippen LogP contribution in [-0.4, -0.2) is 64.4 Å². The van der Waals surface area contributed by atoms with Crippen molar-refractivity contribution in [2.24, 2.45) is 5.92 Å². The number of nitrogens with zero attached hydrogens (tertiary/aromatic N) is 2. The van der Waals surface area contributed by atoms with Gasteiger partial charge in [0.2, 0.25) is 5.91 Å². The average Bonchev–Trinajstić information content (AvgIpc) is 3.16. The zero-order valence-corrected chi connectivity index (χ0v) is 17.5. The third-order valence-corrected chi connectivity index (χ3v) is 6.95. The monoisotopic (exact) mass is 417 g/mol. The summed E-state index contributed by atoms with van der Waals surface area (Å²) < 4.78 is 5.66. The first kappa shape index (κ1) is 20.1. The maximum absolute atomic E-state index is 13.0. The van der Waals surface area contributed by atoms with E-state index >= 15 is 0 Å². The Bertz CT molecular complexity index is 809. The lowest BCUT2D eigenvalue weighted by molar-refractivity contribution is -0.132. The van der Waals surface area contributed by atoms with E-state index < -0.39 is 5.54 Å². The highest BCUT2D eigenvalue weighted by Gasteiger charge is 2.52. The molecule has 1 aromatic carbocycles. The Kier molecular flexibility index (Phi) is 5.72. The van der Waals surface area contributed by atoms with Crippen LogP contribution in [0.2, 0.25) is 0 Å². The summed E-state index contributed by atoms with van der Waals surface area (Å²) in [5.74, 6) is 2.46. The first-order valence-electron chi connectivity index (χ1n) is 10.2. The number of nitrogens with one attached hydrogen (secondary N) is 1. The molecule has 1 aromatic rings. The number of imide groups is 1. The Hall–Kier alpha value is -2.22. The number of benzene rings is 1. The van der Waals surface area contributed by atoms with Crippen LogP contribution in [0.5, 0.6) is 5.75 Å². The number of para-hydroxylation sites is 1. The molecule has 3 heterocycles. The first-order valence-corrected chi connectivity index (χ1v) is 11.4. The fourth-order valence-electron chi connectivity index (χ4n) is 4.42. The molecule has 1 unspecified atom stereocenters. The van der Waals surface area contributed by atoms with Gasteiger partial charge in [-0.3, -0.25) is 14.5 Å². The van der Waals surface area contributed by atoms with E-state index in [-0.39, 0.29) is 23.8 Å². The number of carbonyl (C=O) groups excluding carboxylic acids is 3. The van der Waals surface area contributed by atoms with Gasteiger partial charge >= 0.3 is 6.03 Å². The average molecular weight is 418 g/mol. The molecule has 0 radical (unpaired) electrons. The van der Waals surface area contributed by atoms with Crippen molar-refractivity contribution < 1.29 is 19.1 Å². The fraction of sp³-hybridized carbons (Fsp3) is 0.571. The number of amides is 4. The van der Waals surface area contributed by atoms with Gasteiger partial charge in [0, 0.05) is 37.5 Å². The van der Waals surface area contributed by atoms with Gasteiger partial charge in [-0.25, -0.2) is 4.79 Å². The van der Waals surface area contributed by atoms with E-state index in [1.54, 1.807) is 4.90 Å².